The zero-order valence-corrected chi connectivity index (χ0v) is 17.7. The summed E-state index contributed by atoms with van der Waals surface area (Å²) in [4.78, 5) is 4.83. The first-order chi connectivity index (χ1) is 10.8. The molecule has 0 radical (unpaired) electrons. The van der Waals surface area contributed by atoms with Crippen molar-refractivity contribution in [1.29, 1.82) is 0 Å². The summed E-state index contributed by atoms with van der Waals surface area (Å²) in [5.41, 5.74) is 9.73. The van der Waals surface area contributed by atoms with Crippen LogP contribution in [0.5, 0.6) is 0 Å². The maximum Gasteiger partial charge on any atom is 1.00 e. The Kier molecular flexibility index (Phi) is 8.29. The third kappa shape index (κ3) is 4.76. The molecule has 1 N–H and O–H groups in total. The fourth-order valence-electron chi connectivity index (χ4n) is 3.29. The molecular formula is C14H20BF3KN5. The average Bonchev–Trinajstić information content (AvgIpc) is 2.48. The van der Waals surface area contributed by atoms with Crippen LogP contribution in [0, 0.1) is 20.8 Å². The van der Waals surface area contributed by atoms with E-state index in [0.717, 1.165) is 26.2 Å². The van der Waals surface area contributed by atoms with Crippen LogP contribution in [-0.2, 0) is 6.54 Å². The van der Waals surface area contributed by atoms with E-state index in [1.165, 1.54) is 13.8 Å². The van der Waals surface area contributed by atoms with Gasteiger partial charge in [0.05, 0.1) is 0 Å². The summed E-state index contributed by atoms with van der Waals surface area (Å²) in [6, 6.07) is 0. The minimum absolute atomic E-state index is 0. The number of piperazine rings is 1. The molecule has 1 heterocycles. The zero-order valence-electron chi connectivity index (χ0n) is 14.5. The quantitative estimate of drug-likeness (QED) is 0.354. The molecule has 0 aromatic heterocycles. The SMILES string of the molecule is Cc1c(CN2CCNCC2)c(C)c([B-](F)(F)F)c(C)c1N=[N+]=[N-].[K+]. The second-order valence-electron chi connectivity index (χ2n) is 5.91. The van der Waals surface area contributed by atoms with Crippen molar-refractivity contribution in [3.8, 4) is 0 Å². The normalized spacial score (nSPS) is 15.6. The Labute approximate surface area is 182 Å². The van der Waals surface area contributed by atoms with Crippen molar-refractivity contribution < 1.29 is 64.3 Å². The molecule has 10 heteroatoms. The van der Waals surface area contributed by atoms with Crippen LogP contribution >= 0.6 is 0 Å². The Morgan fingerprint density at radius 2 is 1.71 bits per heavy atom. The van der Waals surface area contributed by atoms with Crippen LogP contribution < -0.4 is 62.2 Å². The van der Waals surface area contributed by atoms with E-state index in [4.69, 9.17) is 5.53 Å². The van der Waals surface area contributed by atoms with E-state index in [1.807, 2.05) is 0 Å². The summed E-state index contributed by atoms with van der Waals surface area (Å²) in [6.07, 6.45) is 0. The molecule has 126 valence electrons. The fourth-order valence-corrected chi connectivity index (χ4v) is 3.29. The Balaban J connectivity index is 0.00000288. The number of rotatable bonds is 4. The van der Waals surface area contributed by atoms with Crippen molar-refractivity contribution in [3.05, 3.63) is 32.7 Å². The van der Waals surface area contributed by atoms with Crippen molar-refractivity contribution in [1.82, 2.24) is 10.2 Å². The first-order valence-electron chi connectivity index (χ1n) is 7.58. The molecule has 0 bridgehead atoms. The molecule has 0 saturated carbocycles. The van der Waals surface area contributed by atoms with E-state index < -0.39 is 12.4 Å². The van der Waals surface area contributed by atoms with Crippen molar-refractivity contribution in [3.63, 3.8) is 0 Å². The van der Waals surface area contributed by atoms with E-state index in [0.29, 0.717) is 17.7 Å². The summed E-state index contributed by atoms with van der Waals surface area (Å²) in [6.45, 7) is 3.12. The predicted octanol–water partition coefficient (Wildman–Crippen LogP) is 0.0173. The fraction of sp³-hybridized carbons (Fsp3) is 0.571. The number of azide groups is 1. The molecule has 5 nitrogen and oxygen atoms in total. The molecule has 1 aliphatic rings. The molecule has 0 atom stereocenters. The zero-order chi connectivity index (χ0) is 17.2. The van der Waals surface area contributed by atoms with E-state index in [1.54, 1.807) is 6.92 Å². The Bertz CT molecular complexity index is 653. The van der Waals surface area contributed by atoms with Gasteiger partial charge in [-0.1, -0.05) is 16.2 Å². The maximum absolute atomic E-state index is 13.5. The smallest absolute Gasteiger partial charge is 0.445 e. The van der Waals surface area contributed by atoms with Crippen molar-refractivity contribution >= 4 is 18.1 Å². The van der Waals surface area contributed by atoms with Crippen LogP contribution in [0.1, 0.15) is 22.3 Å². The number of hydrogen-bond donors (Lipinski definition) is 1. The minimum Gasteiger partial charge on any atom is -0.445 e. The van der Waals surface area contributed by atoms with Crippen LogP contribution in [0.25, 0.3) is 10.4 Å². The largest absolute Gasteiger partial charge is 1.00 e. The topological polar surface area (TPSA) is 64.0 Å². The molecule has 24 heavy (non-hydrogen) atoms. The van der Waals surface area contributed by atoms with Crippen LogP contribution in [0.4, 0.5) is 18.6 Å². The number of hydrogen-bond acceptors (Lipinski definition) is 3. The molecule has 0 aliphatic carbocycles. The predicted molar refractivity (Wildman–Crippen MR) is 86.3 cm³/mol. The van der Waals surface area contributed by atoms with Crippen LogP contribution in [0.3, 0.4) is 0 Å². The molecule has 0 unspecified atom stereocenters. The Hall–Kier alpha value is -0.0587. The van der Waals surface area contributed by atoms with E-state index in [9.17, 15) is 12.9 Å². The summed E-state index contributed by atoms with van der Waals surface area (Å²) in [7, 11) is 0. The van der Waals surface area contributed by atoms with E-state index in [-0.39, 0.29) is 68.2 Å². The molecule has 0 amide bonds. The van der Waals surface area contributed by atoms with Gasteiger partial charge < -0.3 is 18.3 Å². The van der Waals surface area contributed by atoms with Gasteiger partial charge in [-0.25, -0.2) is 0 Å². The summed E-state index contributed by atoms with van der Waals surface area (Å²) in [5, 5.41) is 6.76. The number of halogens is 3. The third-order valence-corrected chi connectivity index (χ3v) is 4.49. The molecule has 1 fully saturated rings. The van der Waals surface area contributed by atoms with Crippen LogP contribution in [0.2, 0.25) is 0 Å². The summed E-state index contributed by atoms with van der Waals surface area (Å²) in [5.74, 6) is 0. The van der Waals surface area contributed by atoms with Gasteiger partial charge in [0.25, 0.3) is 0 Å². The average molecular weight is 365 g/mol. The first kappa shape index (κ1) is 22.0. The van der Waals surface area contributed by atoms with Gasteiger partial charge in [0.2, 0.25) is 0 Å². The Morgan fingerprint density at radius 1 is 1.12 bits per heavy atom. The van der Waals surface area contributed by atoms with E-state index >= 15 is 0 Å². The molecular weight excluding hydrogens is 345 g/mol. The van der Waals surface area contributed by atoms with Crippen molar-refractivity contribution in [2.45, 2.75) is 27.3 Å². The molecule has 1 aromatic carbocycles. The summed E-state index contributed by atoms with van der Waals surface area (Å²) < 4.78 is 40.6. The first-order valence-corrected chi connectivity index (χ1v) is 7.58. The molecule has 1 saturated heterocycles. The van der Waals surface area contributed by atoms with Gasteiger partial charge in [-0.15, -0.1) is 5.46 Å². The van der Waals surface area contributed by atoms with Gasteiger partial charge in [-0.3, -0.25) is 4.90 Å². The number of nitrogens with one attached hydrogen (secondary N) is 1. The van der Waals surface area contributed by atoms with Gasteiger partial charge in [0, 0.05) is 43.3 Å². The van der Waals surface area contributed by atoms with Gasteiger partial charge >= 0.3 is 58.4 Å². The van der Waals surface area contributed by atoms with Gasteiger partial charge in [-0.2, -0.15) is 0 Å². The van der Waals surface area contributed by atoms with Crippen LogP contribution in [0.15, 0.2) is 5.11 Å². The molecule has 1 aliphatic heterocycles. The van der Waals surface area contributed by atoms with Crippen LogP contribution in [-0.4, -0.2) is 38.1 Å². The molecule has 0 spiro atoms. The minimum atomic E-state index is -5.17. The van der Waals surface area contributed by atoms with Crippen molar-refractivity contribution in [2.75, 3.05) is 26.2 Å². The second kappa shape index (κ2) is 9.05. The number of benzene rings is 1. The summed E-state index contributed by atoms with van der Waals surface area (Å²) >= 11 is 0. The van der Waals surface area contributed by atoms with Crippen molar-refractivity contribution in [2.24, 2.45) is 5.11 Å². The standard InChI is InChI=1S/C14H20BF3N5.K/c1-9-12(8-23-6-4-20-5-7-23)10(2)14(21-22-19)11(3)13(9)15(16,17)18;/h20H,4-8H2,1-3H3;/q-1;+1. The monoisotopic (exact) mass is 365 g/mol. The Morgan fingerprint density at radius 3 is 2.21 bits per heavy atom. The van der Waals surface area contributed by atoms with Gasteiger partial charge in [0.15, 0.2) is 0 Å². The van der Waals surface area contributed by atoms with Gasteiger partial charge in [0.1, 0.15) is 0 Å². The van der Waals surface area contributed by atoms with Gasteiger partial charge in [-0.05, 0) is 37.4 Å². The molecule has 2 rings (SSSR count). The molecule has 1 aromatic rings. The van der Waals surface area contributed by atoms with E-state index in [2.05, 4.69) is 20.2 Å². The third-order valence-electron chi connectivity index (χ3n) is 4.49. The second-order valence-corrected chi connectivity index (χ2v) is 5.91. The maximum atomic E-state index is 13.5. The number of nitrogens with zero attached hydrogens (tertiary/aromatic N) is 4.